The van der Waals surface area contributed by atoms with Gasteiger partial charge in [-0.3, -0.25) is 4.90 Å². The Morgan fingerprint density at radius 3 is 2.94 bits per heavy atom. The molecule has 0 spiro atoms. The summed E-state index contributed by atoms with van der Waals surface area (Å²) in [5.74, 6) is 1.44. The highest BCUT2D eigenvalue weighted by Crippen LogP contribution is 2.21. The van der Waals surface area contributed by atoms with Gasteiger partial charge < -0.3 is 9.47 Å². The van der Waals surface area contributed by atoms with Crippen molar-refractivity contribution in [2.45, 2.75) is 32.4 Å². The van der Waals surface area contributed by atoms with Crippen molar-refractivity contribution < 1.29 is 9.47 Å². The summed E-state index contributed by atoms with van der Waals surface area (Å²) in [6, 6.07) is 4.29. The maximum absolute atomic E-state index is 5.78. The van der Waals surface area contributed by atoms with Crippen LogP contribution < -0.4 is 9.47 Å². The van der Waals surface area contributed by atoms with Gasteiger partial charge >= 0.3 is 0 Å². The van der Waals surface area contributed by atoms with Crippen molar-refractivity contribution in [1.29, 1.82) is 0 Å². The van der Waals surface area contributed by atoms with Crippen LogP contribution >= 0.6 is 0 Å². The predicted molar refractivity (Wildman–Crippen MR) is 66.5 cm³/mol. The Morgan fingerprint density at radius 1 is 1.53 bits per heavy atom. The number of ether oxygens (including phenoxy) is 2. The molecule has 1 fully saturated rings. The molecule has 2 heterocycles. The zero-order chi connectivity index (χ0) is 12.3. The fourth-order valence-electron chi connectivity index (χ4n) is 1.92. The van der Waals surface area contributed by atoms with Crippen molar-refractivity contribution in [3.05, 3.63) is 18.3 Å². The Hall–Kier alpha value is -1.29. The lowest BCUT2D eigenvalue weighted by molar-refractivity contribution is -0.00771. The molecule has 0 saturated carbocycles. The van der Waals surface area contributed by atoms with Crippen LogP contribution in [0, 0.1) is 0 Å². The Bertz CT molecular complexity index is 364. The highest BCUT2D eigenvalue weighted by Gasteiger charge is 2.31. The van der Waals surface area contributed by atoms with Gasteiger partial charge in [-0.05, 0) is 19.4 Å². The molecule has 4 heteroatoms. The number of nitrogens with zero attached hydrogens (tertiary/aromatic N) is 2. The van der Waals surface area contributed by atoms with E-state index in [1.807, 2.05) is 12.1 Å². The minimum absolute atomic E-state index is 0.267. The standard InChI is InChI=1S/C13H20N2O2/c1-4-10(2)15-8-12(9-15)17-13-7-11(16-3)5-6-14-13/h5-7,10,12H,4,8-9H2,1-3H3. The number of likely N-dealkylation sites (tertiary alicyclic amines) is 1. The summed E-state index contributed by atoms with van der Waals surface area (Å²) >= 11 is 0. The van der Waals surface area contributed by atoms with Gasteiger partial charge in [0, 0.05) is 31.4 Å². The molecule has 0 radical (unpaired) electrons. The third-order valence-corrected chi connectivity index (χ3v) is 3.32. The van der Waals surface area contributed by atoms with Gasteiger partial charge in [0.2, 0.25) is 5.88 Å². The molecule has 2 rings (SSSR count). The molecule has 0 aliphatic carbocycles. The first-order chi connectivity index (χ1) is 8.22. The number of hydrogen-bond acceptors (Lipinski definition) is 4. The molecule has 1 aliphatic rings. The molecule has 1 aromatic heterocycles. The van der Waals surface area contributed by atoms with E-state index >= 15 is 0 Å². The summed E-state index contributed by atoms with van der Waals surface area (Å²) in [4.78, 5) is 6.60. The zero-order valence-corrected chi connectivity index (χ0v) is 10.7. The normalized spacial score (nSPS) is 18.5. The second kappa shape index (κ2) is 5.36. The molecule has 0 N–H and O–H groups in total. The van der Waals surface area contributed by atoms with Gasteiger partial charge in [-0.2, -0.15) is 0 Å². The van der Waals surface area contributed by atoms with Crippen LogP contribution in [0.1, 0.15) is 20.3 Å². The average Bonchev–Trinajstić information content (AvgIpc) is 2.32. The number of pyridine rings is 1. The molecule has 1 unspecified atom stereocenters. The van der Waals surface area contributed by atoms with Crippen LogP contribution in [0.2, 0.25) is 0 Å². The van der Waals surface area contributed by atoms with Gasteiger partial charge in [0.05, 0.1) is 7.11 Å². The third-order valence-electron chi connectivity index (χ3n) is 3.32. The monoisotopic (exact) mass is 236 g/mol. The summed E-state index contributed by atoms with van der Waals surface area (Å²) in [5.41, 5.74) is 0. The molecule has 0 aromatic carbocycles. The molecule has 1 saturated heterocycles. The van der Waals surface area contributed by atoms with E-state index in [9.17, 15) is 0 Å². The predicted octanol–water partition coefficient (Wildman–Crippen LogP) is 1.95. The Morgan fingerprint density at radius 2 is 2.29 bits per heavy atom. The van der Waals surface area contributed by atoms with Crippen LogP contribution in [0.25, 0.3) is 0 Å². The molecule has 1 atom stereocenters. The summed E-state index contributed by atoms with van der Waals surface area (Å²) in [7, 11) is 1.65. The molecule has 94 valence electrons. The van der Waals surface area contributed by atoms with Crippen LogP contribution in [0.5, 0.6) is 11.6 Å². The van der Waals surface area contributed by atoms with E-state index in [0.717, 1.165) is 18.8 Å². The number of methoxy groups -OCH3 is 1. The average molecular weight is 236 g/mol. The van der Waals surface area contributed by atoms with Crippen LogP contribution in [0.3, 0.4) is 0 Å². The molecule has 0 amide bonds. The van der Waals surface area contributed by atoms with Crippen molar-refractivity contribution in [1.82, 2.24) is 9.88 Å². The molecular weight excluding hydrogens is 216 g/mol. The fraction of sp³-hybridized carbons (Fsp3) is 0.615. The molecule has 17 heavy (non-hydrogen) atoms. The lowest BCUT2D eigenvalue weighted by Gasteiger charge is -2.42. The second-order valence-electron chi connectivity index (χ2n) is 4.48. The van der Waals surface area contributed by atoms with Gasteiger partial charge in [0.1, 0.15) is 11.9 Å². The van der Waals surface area contributed by atoms with Crippen molar-refractivity contribution in [2.24, 2.45) is 0 Å². The highest BCUT2D eigenvalue weighted by molar-refractivity contribution is 5.26. The van der Waals surface area contributed by atoms with E-state index in [1.54, 1.807) is 13.3 Å². The van der Waals surface area contributed by atoms with Crippen molar-refractivity contribution in [3.8, 4) is 11.6 Å². The van der Waals surface area contributed by atoms with Gasteiger partial charge in [-0.15, -0.1) is 0 Å². The number of aromatic nitrogens is 1. The van der Waals surface area contributed by atoms with E-state index in [1.165, 1.54) is 6.42 Å². The summed E-state index contributed by atoms with van der Waals surface area (Å²) in [6.45, 7) is 6.45. The summed E-state index contributed by atoms with van der Waals surface area (Å²) < 4.78 is 10.9. The van der Waals surface area contributed by atoms with Crippen LogP contribution in [0.4, 0.5) is 0 Å². The van der Waals surface area contributed by atoms with Gasteiger partial charge in [0.25, 0.3) is 0 Å². The maximum Gasteiger partial charge on any atom is 0.217 e. The van der Waals surface area contributed by atoms with Crippen molar-refractivity contribution >= 4 is 0 Å². The van der Waals surface area contributed by atoms with Gasteiger partial charge in [-0.25, -0.2) is 4.98 Å². The molecular formula is C13H20N2O2. The van der Waals surface area contributed by atoms with Gasteiger partial charge in [0.15, 0.2) is 0 Å². The quantitative estimate of drug-likeness (QED) is 0.782. The maximum atomic E-state index is 5.78. The topological polar surface area (TPSA) is 34.6 Å². The van der Waals surface area contributed by atoms with E-state index in [-0.39, 0.29) is 6.10 Å². The number of hydrogen-bond donors (Lipinski definition) is 0. The molecule has 1 aromatic rings. The minimum atomic E-state index is 0.267. The Balaban J connectivity index is 1.83. The Kier molecular flexibility index (Phi) is 3.84. The van der Waals surface area contributed by atoms with E-state index in [0.29, 0.717) is 11.9 Å². The zero-order valence-electron chi connectivity index (χ0n) is 10.7. The van der Waals surface area contributed by atoms with Crippen molar-refractivity contribution in [3.63, 3.8) is 0 Å². The minimum Gasteiger partial charge on any atom is -0.497 e. The second-order valence-corrected chi connectivity index (χ2v) is 4.48. The molecule has 1 aliphatic heterocycles. The SMILES string of the molecule is CCC(C)N1CC(Oc2cc(OC)ccn2)C1. The molecule has 0 bridgehead atoms. The van der Waals surface area contributed by atoms with Crippen LogP contribution in [-0.4, -0.2) is 42.2 Å². The van der Waals surface area contributed by atoms with Crippen LogP contribution in [-0.2, 0) is 0 Å². The first kappa shape index (κ1) is 12.2. The first-order valence-electron chi connectivity index (χ1n) is 6.13. The smallest absolute Gasteiger partial charge is 0.217 e. The van der Waals surface area contributed by atoms with Crippen molar-refractivity contribution in [2.75, 3.05) is 20.2 Å². The lowest BCUT2D eigenvalue weighted by Crippen LogP contribution is -2.56. The number of rotatable bonds is 5. The first-order valence-corrected chi connectivity index (χ1v) is 6.13. The van der Waals surface area contributed by atoms with Crippen LogP contribution in [0.15, 0.2) is 18.3 Å². The lowest BCUT2D eigenvalue weighted by atomic mass is 10.1. The van der Waals surface area contributed by atoms with Gasteiger partial charge in [-0.1, -0.05) is 6.92 Å². The van der Waals surface area contributed by atoms with E-state index in [4.69, 9.17) is 9.47 Å². The summed E-state index contributed by atoms with van der Waals surface area (Å²) in [5, 5.41) is 0. The Labute approximate surface area is 103 Å². The van der Waals surface area contributed by atoms with E-state index < -0.39 is 0 Å². The highest BCUT2D eigenvalue weighted by atomic mass is 16.5. The largest absolute Gasteiger partial charge is 0.497 e. The fourth-order valence-corrected chi connectivity index (χ4v) is 1.92. The van der Waals surface area contributed by atoms with E-state index in [2.05, 4.69) is 23.7 Å². The third kappa shape index (κ3) is 2.88. The summed E-state index contributed by atoms with van der Waals surface area (Å²) in [6.07, 6.45) is 3.16. The molecule has 4 nitrogen and oxygen atoms in total.